The summed E-state index contributed by atoms with van der Waals surface area (Å²) in [7, 11) is 0. The van der Waals surface area contributed by atoms with Gasteiger partial charge in [0.1, 0.15) is 5.82 Å². The molecular formula is C20H21FN2O4. The summed E-state index contributed by atoms with van der Waals surface area (Å²) < 4.78 is 18.8. The largest absolute Gasteiger partial charge is 0.477 e. The van der Waals surface area contributed by atoms with Crippen LogP contribution in [0.2, 0.25) is 0 Å². The number of nitro benzene ring substituents is 1. The molecule has 3 rings (SSSR count). The van der Waals surface area contributed by atoms with Gasteiger partial charge in [-0.2, -0.15) is 0 Å². The lowest BCUT2D eigenvalue weighted by Crippen LogP contribution is -2.42. The molecule has 0 saturated heterocycles. The van der Waals surface area contributed by atoms with Crippen molar-refractivity contribution in [3.05, 3.63) is 70.0 Å². The highest BCUT2D eigenvalue weighted by atomic mass is 19.1. The number of nitro groups is 1. The van der Waals surface area contributed by atoms with Gasteiger partial charge in [0.25, 0.3) is 5.91 Å². The molecule has 1 fully saturated rings. The highest BCUT2D eigenvalue weighted by molar-refractivity contribution is 5.78. The van der Waals surface area contributed by atoms with Gasteiger partial charge in [0.15, 0.2) is 6.61 Å². The van der Waals surface area contributed by atoms with Gasteiger partial charge < -0.3 is 9.64 Å². The van der Waals surface area contributed by atoms with Crippen molar-refractivity contribution >= 4 is 11.6 Å². The third-order valence-corrected chi connectivity index (χ3v) is 4.78. The van der Waals surface area contributed by atoms with Crippen LogP contribution >= 0.6 is 0 Å². The van der Waals surface area contributed by atoms with Crippen molar-refractivity contribution in [1.29, 1.82) is 0 Å². The summed E-state index contributed by atoms with van der Waals surface area (Å²) in [6, 6.07) is 12.6. The maximum absolute atomic E-state index is 13.4. The zero-order valence-electron chi connectivity index (χ0n) is 15.0. The number of ether oxygens (including phenoxy) is 1. The second-order valence-electron chi connectivity index (χ2n) is 6.74. The lowest BCUT2D eigenvalue weighted by Gasteiger charge is -2.29. The number of rotatable bonds is 8. The van der Waals surface area contributed by atoms with Crippen molar-refractivity contribution in [2.24, 2.45) is 5.92 Å². The van der Waals surface area contributed by atoms with E-state index in [4.69, 9.17) is 4.74 Å². The smallest absolute Gasteiger partial charge is 0.311 e. The molecule has 1 aliphatic carbocycles. The molecule has 7 heteroatoms. The van der Waals surface area contributed by atoms with Gasteiger partial charge >= 0.3 is 5.69 Å². The van der Waals surface area contributed by atoms with Gasteiger partial charge in [-0.1, -0.05) is 30.3 Å². The minimum Gasteiger partial charge on any atom is -0.477 e. The number of hydrogen-bond acceptors (Lipinski definition) is 4. The van der Waals surface area contributed by atoms with Gasteiger partial charge in [-0.05, 0) is 37.3 Å². The van der Waals surface area contributed by atoms with E-state index in [2.05, 4.69) is 0 Å². The summed E-state index contributed by atoms with van der Waals surface area (Å²) in [6.45, 7) is 2.06. The first-order valence-electron chi connectivity index (χ1n) is 8.86. The Hall–Kier alpha value is -2.96. The van der Waals surface area contributed by atoms with E-state index in [1.165, 1.54) is 0 Å². The first kappa shape index (κ1) is 18.8. The molecule has 142 valence electrons. The average molecular weight is 372 g/mol. The van der Waals surface area contributed by atoms with E-state index < -0.39 is 10.7 Å². The zero-order valence-corrected chi connectivity index (χ0v) is 15.0. The standard InChI is InChI=1S/C20H21FN2O4/c1-14(16-7-8-16)22(12-15-5-3-2-4-6-15)20(24)13-27-19-11-17(21)9-10-18(19)23(25)26/h2-6,9-11,14,16H,7-8,12-13H2,1H3. The van der Waals surface area contributed by atoms with E-state index in [0.717, 1.165) is 36.6 Å². The lowest BCUT2D eigenvalue weighted by molar-refractivity contribution is -0.385. The second-order valence-corrected chi connectivity index (χ2v) is 6.74. The Balaban J connectivity index is 1.73. The van der Waals surface area contributed by atoms with Crippen LogP contribution in [0, 0.1) is 21.8 Å². The summed E-state index contributed by atoms with van der Waals surface area (Å²) in [5.74, 6) is -0.722. The minimum absolute atomic E-state index is 0.0452. The average Bonchev–Trinajstić information content (AvgIpc) is 3.49. The van der Waals surface area contributed by atoms with Crippen LogP contribution in [0.25, 0.3) is 0 Å². The number of amides is 1. The van der Waals surface area contributed by atoms with E-state index in [9.17, 15) is 19.3 Å². The predicted octanol–water partition coefficient (Wildman–Crippen LogP) is 3.94. The van der Waals surface area contributed by atoms with Crippen molar-refractivity contribution in [2.45, 2.75) is 32.4 Å². The maximum atomic E-state index is 13.4. The molecule has 1 amide bonds. The fraction of sp³-hybridized carbons (Fsp3) is 0.350. The predicted molar refractivity (Wildman–Crippen MR) is 97.7 cm³/mol. The number of nitrogens with zero attached hydrogens (tertiary/aromatic N) is 2. The van der Waals surface area contributed by atoms with Gasteiger partial charge in [-0.15, -0.1) is 0 Å². The Morgan fingerprint density at radius 2 is 2.00 bits per heavy atom. The summed E-state index contributed by atoms with van der Waals surface area (Å²) in [6.07, 6.45) is 2.16. The first-order chi connectivity index (χ1) is 13.0. The Morgan fingerprint density at radius 1 is 1.30 bits per heavy atom. The van der Waals surface area contributed by atoms with Crippen LogP contribution in [0.4, 0.5) is 10.1 Å². The molecule has 2 aromatic carbocycles. The highest BCUT2D eigenvalue weighted by Crippen LogP contribution is 2.36. The van der Waals surface area contributed by atoms with Crippen LogP contribution < -0.4 is 4.74 Å². The Labute approximate surface area is 156 Å². The summed E-state index contributed by atoms with van der Waals surface area (Å²) in [4.78, 5) is 24.9. The molecule has 1 aliphatic rings. The molecule has 1 atom stereocenters. The summed E-state index contributed by atoms with van der Waals surface area (Å²) in [5.41, 5.74) is 0.629. The van der Waals surface area contributed by atoms with E-state index >= 15 is 0 Å². The topological polar surface area (TPSA) is 72.7 Å². The lowest BCUT2D eigenvalue weighted by atomic mass is 10.1. The summed E-state index contributed by atoms with van der Waals surface area (Å²) >= 11 is 0. The molecule has 0 N–H and O–H groups in total. The minimum atomic E-state index is -0.659. The SMILES string of the molecule is CC(C1CC1)N(Cc1ccccc1)C(=O)COc1cc(F)ccc1[N+](=O)[O-]. The normalized spacial score (nSPS) is 14.4. The molecule has 0 bridgehead atoms. The van der Waals surface area contributed by atoms with Gasteiger partial charge in [0.05, 0.1) is 4.92 Å². The number of hydrogen-bond donors (Lipinski definition) is 0. The third-order valence-electron chi connectivity index (χ3n) is 4.78. The maximum Gasteiger partial charge on any atom is 0.311 e. The molecule has 27 heavy (non-hydrogen) atoms. The van der Waals surface area contributed by atoms with E-state index in [-0.39, 0.29) is 30.0 Å². The van der Waals surface area contributed by atoms with Crippen molar-refractivity contribution < 1.29 is 18.8 Å². The van der Waals surface area contributed by atoms with E-state index in [1.807, 2.05) is 37.3 Å². The van der Waals surface area contributed by atoms with Gasteiger partial charge in [-0.25, -0.2) is 4.39 Å². The van der Waals surface area contributed by atoms with Crippen LogP contribution in [-0.4, -0.2) is 28.4 Å². The molecule has 0 aromatic heterocycles. The molecular weight excluding hydrogens is 351 g/mol. The Kier molecular flexibility index (Phi) is 5.69. The van der Waals surface area contributed by atoms with Crippen LogP contribution in [0.15, 0.2) is 48.5 Å². The number of benzene rings is 2. The first-order valence-corrected chi connectivity index (χ1v) is 8.86. The quantitative estimate of drug-likeness (QED) is 0.520. The monoisotopic (exact) mass is 372 g/mol. The summed E-state index contributed by atoms with van der Waals surface area (Å²) in [5, 5.41) is 11.1. The third kappa shape index (κ3) is 4.81. The molecule has 0 heterocycles. The molecule has 1 unspecified atom stereocenters. The van der Waals surface area contributed by atoms with Crippen LogP contribution in [0.1, 0.15) is 25.3 Å². The van der Waals surface area contributed by atoms with Crippen molar-refractivity contribution in [2.75, 3.05) is 6.61 Å². The zero-order chi connectivity index (χ0) is 19.4. The van der Waals surface area contributed by atoms with Gasteiger partial charge in [0.2, 0.25) is 5.75 Å². The number of carbonyl (C=O) groups excluding carboxylic acids is 1. The fourth-order valence-electron chi connectivity index (χ4n) is 3.05. The van der Waals surface area contributed by atoms with Crippen molar-refractivity contribution in [1.82, 2.24) is 4.90 Å². The Bertz CT molecular complexity index is 824. The molecule has 2 aromatic rings. The highest BCUT2D eigenvalue weighted by Gasteiger charge is 2.34. The van der Waals surface area contributed by atoms with Gasteiger partial charge in [0, 0.05) is 24.7 Å². The van der Waals surface area contributed by atoms with Crippen LogP contribution in [0.5, 0.6) is 5.75 Å². The molecule has 1 saturated carbocycles. The van der Waals surface area contributed by atoms with Crippen molar-refractivity contribution in [3.8, 4) is 5.75 Å². The molecule has 6 nitrogen and oxygen atoms in total. The second kappa shape index (κ2) is 8.16. The van der Waals surface area contributed by atoms with Crippen LogP contribution in [0.3, 0.4) is 0 Å². The van der Waals surface area contributed by atoms with Gasteiger partial charge in [-0.3, -0.25) is 14.9 Å². The van der Waals surface area contributed by atoms with E-state index in [1.54, 1.807) is 4.90 Å². The molecule has 0 aliphatic heterocycles. The van der Waals surface area contributed by atoms with Crippen molar-refractivity contribution in [3.63, 3.8) is 0 Å². The number of halogens is 1. The number of carbonyl (C=O) groups is 1. The van der Waals surface area contributed by atoms with E-state index in [0.29, 0.717) is 12.5 Å². The fourth-order valence-corrected chi connectivity index (χ4v) is 3.05. The molecule has 0 radical (unpaired) electrons. The Morgan fingerprint density at radius 3 is 2.63 bits per heavy atom. The molecule has 0 spiro atoms. The van der Waals surface area contributed by atoms with Crippen LogP contribution in [-0.2, 0) is 11.3 Å².